The van der Waals surface area contributed by atoms with Gasteiger partial charge in [0.05, 0.1) is 31.2 Å². The summed E-state index contributed by atoms with van der Waals surface area (Å²) in [5, 5.41) is 2.74. The molecule has 0 saturated carbocycles. The number of nitrogens with one attached hydrogen (secondary N) is 1. The Morgan fingerprint density at radius 2 is 1.71 bits per heavy atom. The Kier molecular flexibility index (Phi) is 7.23. The van der Waals surface area contributed by atoms with E-state index in [2.05, 4.69) is 5.32 Å². The smallest absolute Gasteiger partial charge is 0.254 e. The number of likely N-dealkylation sites (N-methyl/N-ethyl adjacent to an activating group) is 1. The van der Waals surface area contributed by atoms with Crippen molar-refractivity contribution in [3.05, 3.63) is 82.1 Å². The first-order valence-corrected chi connectivity index (χ1v) is 12.3. The lowest BCUT2D eigenvalue weighted by molar-refractivity contribution is -0.119. The molecule has 182 valence electrons. The molecular formula is C26H24ClFN2O4S. The Hall–Kier alpha value is -3.23. The Bertz CT molecular complexity index is 1290. The number of ether oxygens (including phenoxy) is 2. The summed E-state index contributed by atoms with van der Waals surface area (Å²) < 4.78 is 24.5. The summed E-state index contributed by atoms with van der Waals surface area (Å²) in [6, 6.07) is 14.4. The molecule has 9 heteroatoms. The number of thioether (sulfide) groups is 1. The molecule has 1 N–H and O–H groups in total. The zero-order valence-electron chi connectivity index (χ0n) is 19.6. The van der Waals surface area contributed by atoms with Crippen LogP contribution in [0.2, 0.25) is 5.02 Å². The minimum Gasteiger partial charge on any atom is -0.493 e. The summed E-state index contributed by atoms with van der Waals surface area (Å²) in [5.41, 5.74) is 2.01. The first-order chi connectivity index (χ1) is 16.8. The number of carbonyl (C=O) groups excluding carboxylic acids is 2. The number of hydrogen-bond donors (Lipinski definition) is 1. The number of amides is 2. The molecule has 2 amide bonds. The van der Waals surface area contributed by atoms with Crippen molar-refractivity contribution >= 4 is 40.9 Å². The van der Waals surface area contributed by atoms with Gasteiger partial charge in [0.25, 0.3) is 5.91 Å². The summed E-state index contributed by atoms with van der Waals surface area (Å²) >= 11 is 7.52. The summed E-state index contributed by atoms with van der Waals surface area (Å²) in [6.07, 6.45) is 1.98. The predicted octanol–water partition coefficient (Wildman–Crippen LogP) is 5.77. The quantitative estimate of drug-likeness (QED) is 0.423. The zero-order chi connectivity index (χ0) is 25.3. The second-order valence-corrected chi connectivity index (χ2v) is 9.31. The highest BCUT2D eigenvalue weighted by Gasteiger charge is 2.43. The van der Waals surface area contributed by atoms with Gasteiger partial charge in [-0.1, -0.05) is 23.7 Å². The number of hydrogen-bond acceptors (Lipinski definition) is 5. The van der Waals surface area contributed by atoms with E-state index in [1.54, 1.807) is 35.8 Å². The molecular weight excluding hydrogens is 491 g/mol. The lowest BCUT2D eigenvalue weighted by atomic mass is 9.79. The maximum Gasteiger partial charge on any atom is 0.254 e. The van der Waals surface area contributed by atoms with Crippen LogP contribution in [0.25, 0.3) is 0 Å². The summed E-state index contributed by atoms with van der Waals surface area (Å²) in [6.45, 7) is 0. The maximum absolute atomic E-state index is 13.8. The van der Waals surface area contributed by atoms with Crippen LogP contribution in [0.5, 0.6) is 11.5 Å². The molecule has 3 aromatic rings. The number of fused-ring (bicyclic) bond motifs is 1. The second kappa shape index (κ2) is 10.2. The van der Waals surface area contributed by atoms with Gasteiger partial charge in [-0.15, -0.1) is 11.8 Å². The third-order valence-corrected chi connectivity index (χ3v) is 7.13. The fourth-order valence-corrected chi connectivity index (χ4v) is 4.93. The number of carbonyl (C=O) groups is 2. The van der Waals surface area contributed by atoms with Gasteiger partial charge >= 0.3 is 0 Å². The highest BCUT2D eigenvalue weighted by atomic mass is 35.5. The predicted molar refractivity (Wildman–Crippen MR) is 135 cm³/mol. The van der Waals surface area contributed by atoms with Gasteiger partial charge in [0.1, 0.15) is 5.82 Å². The van der Waals surface area contributed by atoms with E-state index in [-0.39, 0.29) is 16.8 Å². The Balaban J connectivity index is 1.86. The summed E-state index contributed by atoms with van der Waals surface area (Å²) in [5.74, 6) is -1.20. The van der Waals surface area contributed by atoms with Crippen molar-refractivity contribution in [1.82, 2.24) is 4.90 Å². The Morgan fingerprint density at radius 3 is 2.31 bits per heavy atom. The van der Waals surface area contributed by atoms with Gasteiger partial charge in [0, 0.05) is 23.2 Å². The van der Waals surface area contributed by atoms with E-state index in [1.165, 1.54) is 32.4 Å². The standard InChI is InChI=1S/C26H24ClFN2O4S/c1-30-24(14-5-8-16(35-4)9-6-14)23(25(31)29-15-7-10-20(28)19(27)11-15)17-12-21(33-2)22(34-3)13-18(17)26(30)32/h5-13,23-24H,1-4H3,(H,29,31)/t23-,24-/m0/s1. The average Bonchev–Trinajstić information content (AvgIpc) is 2.87. The first-order valence-electron chi connectivity index (χ1n) is 10.7. The van der Waals surface area contributed by atoms with Crippen LogP contribution in [0.15, 0.2) is 59.5 Å². The summed E-state index contributed by atoms with van der Waals surface area (Å²) in [7, 11) is 4.65. The molecule has 4 rings (SSSR count). The van der Waals surface area contributed by atoms with Gasteiger partial charge in [0.2, 0.25) is 5.91 Å². The molecule has 0 aliphatic carbocycles. The van der Waals surface area contributed by atoms with Gasteiger partial charge in [-0.2, -0.15) is 0 Å². The molecule has 35 heavy (non-hydrogen) atoms. The fraction of sp³-hybridized carbons (Fsp3) is 0.231. The van der Waals surface area contributed by atoms with Crippen molar-refractivity contribution in [2.45, 2.75) is 16.9 Å². The highest BCUT2D eigenvalue weighted by molar-refractivity contribution is 7.98. The van der Waals surface area contributed by atoms with Crippen molar-refractivity contribution in [2.75, 3.05) is 32.8 Å². The van der Waals surface area contributed by atoms with Crippen LogP contribution < -0.4 is 14.8 Å². The largest absolute Gasteiger partial charge is 0.493 e. The van der Waals surface area contributed by atoms with Crippen molar-refractivity contribution in [3.63, 3.8) is 0 Å². The van der Waals surface area contributed by atoms with Crippen molar-refractivity contribution in [1.29, 1.82) is 0 Å². The van der Waals surface area contributed by atoms with Crippen LogP contribution in [0, 0.1) is 5.82 Å². The fourth-order valence-electron chi connectivity index (χ4n) is 4.34. The minimum atomic E-state index is -0.795. The second-order valence-electron chi connectivity index (χ2n) is 8.02. The molecule has 1 aliphatic heterocycles. The van der Waals surface area contributed by atoms with Gasteiger partial charge in [-0.25, -0.2) is 4.39 Å². The van der Waals surface area contributed by atoms with E-state index in [0.717, 1.165) is 10.5 Å². The molecule has 6 nitrogen and oxygen atoms in total. The normalized spacial score (nSPS) is 17.1. The summed E-state index contributed by atoms with van der Waals surface area (Å²) in [4.78, 5) is 29.8. The van der Waals surface area contributed by atoms with Crippen LogP contribution in [0.3, 0.4) is 0 Å². The average molecular weight is 515 g/mol. The van der Waals surface area contributed by atoms with E-state index >= 15 is 0 Å². The molecule has 1 aliphatic rings. The van der Waals surface area contributed by atoms with Crippen molar-refractivity contribution in [2.24, 2.45) is 0 Å². The van der Waals surface area contributed by atoms with Gasteiger partial charge < -0.3 is 19.7 Å². The number of nitrogens with zero attached hydrogens (tertiary/aromatic N) is 1. The van der Waals surface area contributed by atoms with Gasteiger partial charge in [0.15, 0.2) is 11.5 Å². The van der Waals surface area contributed by atoms with Crippen LogP contribution >= 0.6 is 23.4 Å². The first kappa shape index (κ1) is 24.9. The molecule has 0 bridgehead atoms. The number of methoxy groups -OCH3 is 2. The van der Waals surface area contributed by atoms with Gasteiger partial charge in [-0.3, -0.25) is 9.59 Å². The molecule has 3 aromatic carbocycles. The minimum absolute atomic E-state index is 0.102. The molecule has 0 fully saturated rings. The molecule has 0 aromatic heterocycles. The molecule has 0 unspecified atom stereocenters. The lowest BCUT2D eigenvalue weighted by Gasteiger charge is -2.40. The molecule has 0 saturated heterocycles. The molecule has 0 radical (unpaired) electrons. The number of halogens is 2. The van der Waals surface area contributed by atoms with E-state index in [1.807, 2.05) is 30.5 Å². The number of rotatable bonds is 6. The maximum atomic E-state index is 13.8. The van der Waals surface area contributed by atoms with Gasteiger partial charge in [-0.05, 0) is 59.8 Å². The Labute approximate surface area is 212 Å². The lowest BCUT2D eigenvalue weighted by Crippen LogP contribution is -2.44. The third-order valence-electron chi connectivity index (χ3n) is 6.10. The number of benzene rings is 3. The third kappa shape index (κ3) is 4.68. The van der Waals surface area contributed by atoms with Crippen LogP contribution in [0.4, 0.5) is 10.1 Å². The van der Waals surface area contributed by atoms with Crippen LogP contribution in [-0.4, -0.2) is 44.2 Å². The molecule has 2 atom stereocenters. The van der Waals surface area contributed by atoms with E-state index in [9.17, 15) is 14.0 Å². The van der Waals surface area contributed by atoms with Crippen molar-refractivity contribution < 1.29 is 23.5 Å². The van der Waals surface area contributed by atoms with E-state index in [0.29, 0.717) is 28.3 Å². The topological polar surface area (TPSA) is 67.9 Å². The highest BCUT2D eigenvalue weighted by Crippen LogP contribution is 2.46. The van der Waals surface area contributed by atoms with E-state index in [4.69, 9.17) is 21.1 Å². The van der Waals surface area contributed by atoms with Crippen LogP contribution in [-0.2, 0) is 4.79 Å². The Morgan fingerprint density at radius 1 is 1.06 bits per heavy atom. The molecule has 1 heterocycles. The van der Waals surface area contributed by atoms with E-state index < -0.39 is 17.8 Å². The monoisotopic (exact) mass is 514 g/mol. The van der Waals surface area contributed by atoms with Crippen LogP contribution in [0.1, 0.15) is 33.4 Å². The zero-order valence-corrected chi connectivity index (χ0v) is 21.2. The SMILES string of the molecule is COc1cc2c(cc1OC)[C@H](C(=O)Nc1ccc(F)c(Cl)c1)[C@H](c1ccc(SC)cc1)N(C)C2=O. The van der Waals surface area contributed by atoms with Crippen molar-refractivity contribution in [3.8, 4) is 11.5 Å². The number of anilines is 1. The molecule has 0 spiro atoms.